The fraction of sp³-hybridized carbons (Fsp3) is 0.462. The lowest BCUT2D eigenvalue weighted by Gasteiger charge is -2.32. The summed E-state index contributed by atoms with van der Waals surface area (Å²) in [7, 11) is 0. The van der Waals surface area contributed by atoms with Gasteiger partial charge in [0.15, 0.2) is 5.65 Å². The maximum Gasteiger partial charge on any atom is 0.249 e. The summed E-state index contributed by atoms with van der Waals surface area (Å²) < 4.78 is 15.8. The van der Waals surface area contributed by atoms with Gasteiger partial charge in [-0.25, -0.2) is 19.0 Å². The SMILES string of the molecule is Cc1cn2nc(CC3CCC(C(=O)N4OCC[C@H]4c4cc(F)cc(C#N)c4)CC3)cc(C)c2n1. The molecule has 3 aromatic rings. The van der Waals surface area contributed by atoms with E-state index in [1.54, 1.807) is 6.07 Å². The second kappa shape index (κ2) is 9.15. The molecular weight excluding hydrogens is 433 g/mol. The molecule has 1 aliphatic carbocycles. The predicted octanol–water partition coefficient (Wildman–Crippen LogP) is 4.61. The monoisotopic (exact) mass is 461 g/mol. The minimum Gasteiger partial charge on any atom is -0.272 e. The van der Waals surface area contributed by atoms with E-state index in [4.69, 9.17) is 15.2 Å². The highest BCUT2D eigenvalue weighted by molar-refractivity contribution is 5.78. The number of rotatable bonds is 4. The fourth-order valence-corrected chi connectivity index (χ4v) is 5.36. The first-order valence-corrected chi connectivity index (χ1v) is 11.9. The first kappa shape index (κ1) is 22.5. The predicted molar refractivity (Wildman–Crippen MR) is 123 cm³/mol. The number of imidazole rings is 1. The number of nitrogens with zero attached hydrogens (tertiary/aromatic N) is 5. The van der Waals surface area contributed by atoms with Gasteiger partial charge in [0.2, 0.25) is 5.91 Å². The first-order valence-electron chi connectivity index (χ1n) is 11.9. The van der Waals surface area contributed by atoms with Gasteiger partial charge in [-0.2, -0.15) is 10.4 Å². The molecule has 176 valence electrons. The van der Waals surface area contributed by atoms with E-state index in [-0.39, 0.29) is 23.4 Å². The van der Waals surface area contributed by atoms with Crippen LogP contribution in [-0.2, 0) is 16.1 Å². The van der Waals surface area contributed by atoms with Crippen LogP contribution in [0, 0.1) is 42.8 Å². The van der Waals surface area contributed by atoms with E-state index in [2.05, 4.69) is 18.0 Å². The molecule has 2 aliphatic rings. The Morgan fingerprint density at radius 1 is 1.18 bits per heavy atom. The Bertz CT molecular complexity index is 1270. The van der Waals surface area contributed by atoms with E-state index in [9.17, 15) is 9.18 Å². The molecule has 3 heterocycles. The summed E-state index contributed by atoms with van der Waals surface area (Å²) >= 11 is 0. The Hall–Kier alpha value is -3.31. The summed E-state index contributed by atoms with van der Waals surface area (Å²) in [6.07, 6.45) is 6.94. The van der Waals surface area contributed by atoms with E-state index < -0.39 is 5.82 Å². The molecule has 0 spiro atoms. The Kier molecular flexibility index (Phi) is 6.05. The van der Waals surface area contributed by atoms with E-state index in [0.717, 1.165) is 54.7 Å². The van der Waals surface area contributed by atoms with Crippen LogP contribution >= 0.6 is 0 Å². The Balaban J connectivity index is 1.23. The molecule has 8 heteroatoms. The van der Waals surface area contributed by atoms with Crippen molar-refractivity contribution in [3.63, 3.8) is 0 Å². The molecule has 0 N–H and O–H groups in total. The molecule has 34 heavy (non-hydrogen) atoms. The molecule has 1 saturated carbocycles. The number of nitriles is 1. The van der Waals surface area contributed by atoms with Gasteiger partial charge < -0.3 is 0 Å². The fourth-order valence-electron chi connectivity index (χ4n) is 5.36. The number of hydrogen-bond donors (Lipinski definition) is 0. The van der Waals surface area contributed by atoms with Gasteiger partial charge in [0.25, 0.3) is 0 Å². The van der Waals surface area contributed by atoms with Gasteiger partial charge in [0, 0.05) is 12.3 Å². The number of amides is 1. The van der Waals surface area contributed by atoms with Gasteiger partial charge in [-0.05, 0) is 87.3 Å². The highest BCUT2D eigenvalue weighted by Gasteiger charge is 2.37. The van der Waals surface area contributed by atoms with Gasteiger partial charge >= 0.3 is 0 Å². The second-order valence-corrected chi connectivity index (χ2v) is 9.58. The van der Waals surface area contributed by atoms with Crippen LogP contribution < -0.4 is 0 Å². The smallest absolute Gasteiger partial charge is 0.249 e. The zero-order valence-corrected chi connectivity index (χ0v) is 19.5. The maximum absolute atomic E-state index is 14.0. The maximum atomic E-state index is 14.0. The van der Waals surface area contributed by atoms with Crippen molar-refractivity contribution >= 4 is 11.6 Å². The molecule has 2 aromatic heterocycles. The number of fused-ring (bicyclic) bond motifs is 1. The first-order chi connectivity index (χ1) is 16.4. The topological polar surface area (TPSA) is 83.5 Å². The minimum atomic E-state index is -0.471. The summed E-state index contributed by atoms with van der Waals surface area (Å²) in [5.41, 5.74) is 4.90. The van der Waals surface area contributed by atoms with Gasteiger partial charge in [-0.15, -0.1) is 0 Å². The Labute approximate surface area is 198 Å². The molecule has 1 aromatic carbocycles. The third-order valence-electron chi connectivity index (χ3n) is 7.03. The lowest BCUT2D eigenvalue weighted by atomic mass is 9.79. The van der Waals surface area contributed by atoms with Crippen LogP contribution in [0.1, 0.15) is 66.2 Å². The zero-order chi connectivity index (χ0) is 23.8. The average Bonchev–Trinajstić information content (AvgIpc) is 3.45. The Morgan fingerprint density at radius 2 is 1.97 bits per heavy atom. The summed E-state index contributed by atoms with van der Waals surface area (Å²) in [6, 6.07) is 7.99. The molecule has 5 rings (SSSR count). The average molecular weight is 462 g/mol. The summed E-state index contributed by atoms with van der Waals surface area (Å²) in [5.74, 6) is -0.126. The van der Waals surface area contributed by atoms with Crippen LogP contribution in [0.3, 0.4) is 0 Å². The van der Waals surface area contributed by atoms with E-state index in [1.165, 1.54) is 17.2 Å². The highest BCUT2D eigenvalue weighted by atomic mass is 19.1. The van der Waals surface area contributed by atoms with Crippen LogP contribution in [0.5, 0.6) is 0 Å². The normalized spacial score (nSPS) is 22.8. The van der Waals surface area contributed by atoms with Crippen molar-refractivity contribution in [1.82, 2.24) is 19.7 Å². The van der Waals surface area contributed by atoms with Gasteiger partial charge in [-0.1, -0.05) is 0 Å². The summed E-state index contributed by atoms with van der Waals surface area (Å²) in [5, 5.41) is 15.3. The van der Waals surface area contributed by atoms with Crippen molar-refractivity contribution < 1.29 is 14.0 Å². The Morgan fingerprint density at radius 3 is 2.74 bits per heavy atom. The lowest BCUT2D eigenvalue weighted by Crippen LogP contribution is -2.36. The second-order valence-electron chi connectivity index (χ2n) is 9.58. The molecule has 0 unspecified atom stereocenters. The van der Waals surface area contributed by atoms with Crippen molar-refractivity contribution in [2.24, 2.45) is 11.8 Å². The highest BCUT2D eigenvalue weighted by Crippen LogP contribution is 2.37. The number of halogens is 1. The van der Waals surface area contributed by atoms with E-state index in [1.807, 2.05) is 23.7 Å². The van der Waals surface area contributed by atoms with Crippen molar-refractivity contribution in [1.29, 1.82) is 5.26 Å². The van der Waals surface area contributed by atoms with Gasteiger partial charge in [0.1, 0.15) is 5.82 Å². The largest absolute Gasteiger partial charge is 0.272 e. The molecule has 1 amide bonds. The minimum absolute atomic E-state index is 0.0343. The number of carbonyl (C=O) groups excluding carboxylic acids is 1. The van der Waals surface area contributed by atoms with Crippen LogP contribution in [-0.4, -0.2) is 32.2 Å². The molecule has 0 radical (unpaired) electrons. The lowest BCUT2D eigenvalue weighted by molar-refractivity contribution is -0.183. The number of hydrogen-bond acceptors (Lipinski definition) is 5. The molecule has 1 aliphatic heterocycles. The van der Waals surface area contributed by atoms with E-state index in [0.29, 0.717) is 24.5 Å². The van der Waals surface area contributed by atoms with Gasteiger partial charge in [0.05, 0.1) is 41.9 Å². The quantitative estimate of drug-likeness (QED) is 0.567. The molecule has 0 bridgehead atoms. The summed E-state index contributed by atoms with van der Waals surface area (Å²) in [6.45, 7) is 4.44. The number of hydroxylamine groups is 2. The molecule has 7 nitrogen and oxygen atoms in total. The third kappa shape index (κ3) is 4.40. The number of carbonyl (C=O) groups is 1. The molecule has 1 atom stereocenters. The van der Waals surface area contributed by atoms with Crippen molar-refractivity contribution in [3.05, 3.63) is 64.4 Å². The number of aryl methyl sites for hydroxylation is 2. The molecule has 1 saturated heterocycles. The van der Waals surface area contributed by atoms with Crippen molar-refractivity contribution in [3.8, 4) is 6.07 Å². The van der Waals surface area contributed by atoms with Crippen LogP contribution in [0.25, 0.3) is 5.65 Å². The molecule has 2 fully saturated rings. The number of aromatic nitrogens is 3. The van der Waals surface area contributed by atoms with Crippen LogP contribution in [0.2, 0.25) is 0 Å². The van der Waals surface area contributed by atoms with Crippen molar-refractivity contribution in [2.45, 2.75) is 58.4 Å². The summed E-state index contributed by atoms with van der Waals surface area (Å²) in [4.78, 5) is 23.5. The van der Waals surface area contributed by atoms with Gasteiger partial charge in [-0.3, -0.25) is 9.63 Å². The van der Waals surface area contributed by atoms with E-state index >= 15 is 0 Å². The van der Waals surface area contributed by atoms with Crippen LogP contribution in [0.4, 0.5) is 4.39 Å². The third-order valence-corrected chi connectivity index (χ3v) is 7.03. The standard InChI is InChI=1S/C26H28FN5O2/c1-16-9-23(30-31-15-17(2)29-25(16)31)12-18-3-5-20(6-4-18)26(33)32-24(7-8-34-32)21-10-19(14-28)11-22(27)13-21/h9-11,13,15,18,20,24H,3-8,12H2,1-2H3/t18?,20?,24-/m0/s1. The zero-order valence-electron chi connectivity index (χ0n) is 19.5. The van der Waals surface area contributed by atoms with Crippen molar-refractivity contribution in [2.75, 3.05) is 6.61 Å². The molecular formula is C26H28FN5O2. The number of benzene rings is 1. The van der Waals surface area contributed by atoms with Crippen LogP contribution in [0.15, 0.2) is 30.5 Å².